The molecule has 0 aromatic heterocycles. The van der Waals surface area contributed by atoms with E-state index < -0.39 is 0 Å². The Labute approximate surface area is 179 Å². The Morgan fingerprint density at radius 3 is 2.60 bits per heavy atom. The predicted molar refractivity (Wildman–Crippen MR) is 111 cm³/mol. The molecule has 1 N–H and O–H groups in total. The Morgan fingerprint density at radius 2 is 1.83 bits per heavy atom. The molecule has 2 heterocycles. The van der Waals surface area contributed by atoms with Gasteiger partial charge >= 0.3 is 0 Å². The predicted octanol–water partition coefficient (Wildman–Crippen LogP) is 3.44. The minimum Gasteiger partial charge on any atom is -0.489 e. The molecule has 0 saturated carbocycles. The van der Waals surface area contributed by atoms with Gasteiger partial charge in [-0.15, -0.1) is 0 Å². The second-order valence-corrected chi connectivity index (χ2v) is 7.67. The molecule has 8 heteroatoms. The van der Waals surface area contributed by atoms with Crippen LogP contribution in [-0.2, 0) is 4.74 Å². The minimum atomic E-state index is -0.287. The average molecular weight is 435 g/mol. The van der Waals surface area contributed by atoms with Gasteiger partial charge in [-0.2, -0.15) is 0 Å². The van der Waals surface area contributed by atoms with Crippen LogP contribution in [0.15, 0.2) is 36.4 Å². The molecule has 4 rings (SSSR count). The first-order valence-corrected chi connectivity index (χ1v) is 10.4. The molecule has 160 valence electrons. The fourth-order valence-electron chi connectivity index (χ4n) is 3.69. The SMILES string of the molecule is O=C(NCC(c1ccc(F)cc1)N1CCOCC1)c1cc(Cl)c2c(c1)OCCCO2. The van der Waals surface area contributed by atoms with E-state index in [2.05, 4.69) is 10.2 Å². The lowest BCUT2D eigenvalue weighted by atomic mass is 10.0. The zero-order valence-corrected chi connectivity index (χ0v) is 17.3. The molecule has 0 radical (unpaired) electrons. The van der Waals surface area contributed by atoms with Gasteiger partial charge in [0.2, 0.25) is 0 Å². The van der Waals surface area contributed by atoms with Crippen molar-refractivity contribution in [3.63, 3.8) is 0 Å². The molecule has 2 aromatic carbocycles. The van der Waals surface area contributed by atoms with Gasteiger partial charge in [-0.1, -0.05) is 23.7 Å². The lowest BCUT2D eigenvalue weighted by Gasteiger charge is -2.35. The van der Waals surface area contributed by atoms with Crippen molar-refractivity contribution in [3.8, 4) is 11.5 Å². The Hall–Kier alpha value is -2.35. The van der Waals surface area contributed by atoms with Crippen LogP contribution in [0.3, 0.4) is 0 Å². The highest BCUT2D eigenvalue weighted by Crippen LogP contribution is 2.38. The molecular weight excluding hydrogens is 411 g/mol. The van der Waals surface area contributed by atoms with E-state index in [-0.39, 0.29) is 17.8 Å². The quantitative estimate of drug-likeness (QED) is 0.781. The summed E-state index contributed by atoms with van der Waals surface area (Å²) in [5.74, 6) is 0.412. The molecule has 1 saturated heterocycles. The third-order valence-corrected chi connectivity index (χ3v) is 5.54. The Bertz CT molecular complexity index is 887. The second-order valence-electron chi connectivity index (χ2n) is 7.26. The first kappa shape index (κ1) is 20.9. The molecule has 1 unspecified atom stereocenters. The third-order valence-electron chi connectivity index (χ3n) is 5.26. The maximum atomic E-state index is 13.4. The molecule has 0 bridgehead atoms. The van der Waals surface area contributed by atoms with Crippen LogP contribution in [0.1, 0.15) is 28.4 Å². The maximum absolute atomic E-state index is 13.4. The summed E-state index contributed by atoms with van der Waals surface area (Å²) in [6, 6.07) is 9.55. The number of carbonyl (C=O) groups excluding carboxylic acids is 1. The smallest absolute Gasteiger partial charge is 0.251 e. The van der Waals surface area contributed by atoms with E-state index in [1.165, 1.54) is 12.1 Å². The average Bonchev–Trinajstić information content (AvgIpc) is 3.02. The van der Waals surface area contributed by atoms with Crippen LogP contribution in [0.5, 0.6) is 11.5 Å². The Kier molecular flexibility index (Phi) is 6.72. The number of fused-ring (bicyclic) bond motifs is 1. The standard InChI is InChI=1S/C22H24ClFN2O4/c23-18-12-16(13-20-21(18)30-9-1-8-29-20)22(27)25-14-19(26-6-10-28-11-7-26)15-2-4-17(24)5-3-15/h2-5,12-13,19H,1,6-11,14H2,(H,25,27). The number of hydrogen-bond donors (Lipinski definition) is 1. The number of benzene rings is 2. The molecular formula is C22H24ClFN2O4. The van der Waals surface area contributed by atoms with Gasteiger partial charge in [0.1, 0.15) is 5.82 Å². The van der Waals surface area contributed by atoms with Crippen molar-refractivity contribution in [2.45, 2.75) is 12.5 Å². The third kappa shape index (κ3) is 4.86. The molecule has 2 aliphatic rings. The van der Waals surface area contributed by atoms with Gasteiger partial charge in [-0.05, 0) is 29.8 Å². The van der Waals surface area contributed by atoms with Gasteiger partial charge in [0.15, 0.2) is 11.5 Å². The molecule has 0 aliphatic carbocycles. The Morgan fingerprint density at radius 1 is 1.10 bits per heavy atom. The number of morpholine rings is 1. The lowest BCUT2D eigenvalue weighted by Crippen LogP contribution is -2.43. The zero-order chi connectivity index (χ0) is 20.9. The summed E-state index contributed by atoms with van der Waals surface area (Å²) in [6.45, 7) is 4.15. The number of carbonyl (C=O) groups is 1. The molecule has 1 fully saturated rings. The number of nitrogens with zero attached hydrogens (tertiary/aromatic N) is 1. The number of halogens is 2. The lowest BCUT2D eigenvalue weighted by molar-refractivity contribution is 0.0162. The second kappa shape index (κ2) is 9.64. The van der Waals surface area contributed by atoms with Crippen molar-refractivity contribution in [1.82, 2.24) is 10.2 Å². The van der Waals surface area contributed by atoms with E-state index in [9.17, 15) is 9.18 Å². The highest BCUT2D eigenvalue weighted by atomic mass is 35.5. The molecule has 6 nitrogen and oxygen atoms in total. The number of amides is 1. The van der Waals surface area contributed by atoms with Crippen molar-refractivity contribution in [2.24, 2.45) is 0 Å². The molecule has 2 aliphatic heterocycles. The van der Waals surface area contributed by atoms with Crippen molar-refractivity contribution >= 4 is 17.5 Å². The summed E-state index contributed by atoms with van der Waals surface area (Å²) in [6.07, 6.45) is 0.755. The van der Waals surface area contributed by atoms with E-state index >= 15 is 0 Å². The van der Waals surface area contributed by atoms with E-state index in [0.29, 0.717) is 55.1 Å². The fourth-order valence-corrected chi connectivity index (χ4v) is 3.95. The van der Waals surface area contributed by atoms with Gasteiger partial charge in [0.25, 0.3) is 5.91 Å². The number of hydrogen-bond acceptors (Lipinski definition) is 5. The molecule has 30 heavy (non-hydrogen) atoms. The minimum absolute atomic E-state index is 0.0886. The van der Waals surface area contributed by atoms with Crippen molar-refractivity contribution in [3.05, 3.63) is 58.4 Å². The Balaban J connectivity index is 1.50. The molecule has 2 aromatic rings. The van der Waals surface area contributed by atoms with Crippen LogP contribution in [0.25, 0.3) is 0 Å². The summed E-state index contributed by atoms with van der Waals surface area (Å²) in [5, 5.41) is 3.34. The summed E-state index contributed by atoms with van der Waals surface area (Å²) < 4.78 is 30.1. The first-order valence-electron chi connectivity index (χ1n) is 10.1. The normalized spacial score (nSPS) is 17.8. The summed E-state index contributed by atoms with van der Waals surface area (Å²) in [5.41, 5.74) is 1.35. The summed E-state index contributed by atoms with van der Waals surface area (Å²) in [4.78, 5) is 15.1. The van der Waals surface area contributed by atoms with E-state index in [1.807, 2.05) is 0 Å². The monoisotopic (exact) mass is 434 g/mol. The van der Waals surface area contributed by atoms with Gasteiger partial charge in [0, 0.05) is 31.6 Å². The van der Waals surface area contributed by atoms with Crippen LogP contribution < -0.4 is 14.8 Å². The van der Waals surface area contributed by atoms with Crippen LogP contribution in [0.2, 0.25) is 5.02 Å². The first-order chi connectivity index (χ1) is 14.6. The van der Waals surface area contributed by atoms with E-state index in [1.54, 1.807) is 24.3 Å². The van der Waals surface area contributed by atoms with E-state index in [0.717, 1.165) is 25.1 Å². The number of ether oxygens (including phenoxy) is 3. The highest BCUT2D eigenvalue weighted by molar-refractivity contribution is 6.32. The molecule has 1 atom stereocenters. The molecule has 0 spiro atoms. The number of rotatable bonds is 5. The summed E-state index contributed by atoms with van der Waals surface area (Å²) in [7, 11) is 0. The van der Waals surface area contributed by atoms with Crippen LogP contribution in [0, 0.1) is 5.82 Å². The number of nitrogens with one attached hydrogen (secondary N) is 1. The van der Waals surface area contributed by atoms with Crippen molar-refractivity contribution in [2.75, 3.05) is 46.1 Å². The van der Waals surface area contributed by atoms with Crippen LogP contribution in [0.4, 0.5) is 4.39 Å². The van der Waals surface area contributed by atoms with Gasteiger partial charge in [-0.3, -0.25) is 9.69 Å². The topological polar surface area (TPSA) is 60.0 Å². The highest BCUT2D eigenvalue weighted by Gasteiger charge is 2.24. The van der Waals surface area contributed by atoms with Gasteiger partial charge < -0.3 is 19.5 Å². The van der Waals surface area contributed by atoms with Gasteiger partial charge in [0.05, 0.1) is 37.5 Å². The zero-order valence-electron chi connectivity index (χ0n) is 16.5. The van der Waals surface area contributed by atoms with Crippen LogP contribution in [-0.4, -0.2) is 56.9 Å². The van der Waals surface area contributed by atoms with Crippen molar-refractivity contribution in [1.29, 1.82) is 0 Å². The van der Waals surface area contributed by atoms with E-state index in [4.69, 9.17) is 25.8 Å². The molecule has 1 amide bonds. The largest absolute Gasteiger partial charge is 0.489 e. The summed E-state index contributed by atoms with van der Waals surface area (Å²) >= 11 is 6.32. The van der Waals surface area contributed by atoms with Crippen LogP contribution >= 0.6 is 11.6 Å². The van der Waals surface area contributed by atoms with Crippen molar-refractivity contribution < 1.29 is 23.4 Å². The van der Waals surface area contributed by atoms with Gasteiger partial charge in [-0.25, -0.2) is 4.39 Å². The maximum Gasteiger partial charge on any atom is 0.251 e. The fraction of sp³-hybridized carbons (Fsp3) is 0.409.